The molecule has 162 valence electrons. The lowest BCUT2D eigenvalue weighted by Gasteiger charge is -2.27. The standard InChI is InChI=1S/C23H24N2O4S2/c1-15(26)17-3-2-4-20(11-17)31(28,29)19-7-5-16(6-8-19)13-25-23(27)21-12-18-9-10-24-14-22(18)30-21/h5-10,12,14,17,20H,2-4,11,13H2,1H3,(H,25,27). The molecule has 0 saturated heterocycles. The summed E-state index contributed by atoms with van der Waals surface area (Å²) in [6.45, 7) is 1.85. The highest BCUT2D eigenvalue weighted by Crippen LogP contribution is 2.32. The summed E-state index contributed by atoms with van der Waals surface area (Å²) >= 11 is 1.39. The van der Waals surface area contributed by atoms with Crippen LogP contribution in [0.5, 0.6) is 0 Å². The van der Waals surface area contributed by atoms with Gasteiger partial charge >= 0.3 is 0 Å². The number of sulfone groups is 1. The average molecular weight is 457 g/mol. The number of benzene rings is 1. The van der Waals surface area contributed by atoms with E-state index in [0.29, 0.717) is 24.3 Å². The van der Waals surface area contributed by atoms with Gasteiger partial charge in [0, 0.05) is 24.9 Å². The van der Waals surface area contributed by atoms with Crippen molar-refractivity contribution in [3.8, 4) is 0 Å². The second-order valence-corrected chi connectivity index (χ2v) is 11.3. The molecule has 3 aromatic rings. The van der Waals surface area contributed by atoms with E-state index in [2.05, 4.69) is 10.3 Å². The van der Waals surface area contributed by atoms with Crippen molar-refractivity contribution in [3.63, 3.8) is 0 Å². The second-order valence-electron chi connectivity index (χ2n) is 7.99. The first-order chi connectivity index (χ1) is 14.8. The van der Waals surface area contributed by atoms with Gasteiger partial charge in [-0.2, -0.15) is 0 Å². The average Bonchev–Trinajstić information content (AvgIpc) is 3.22. The molecule has 0 spiro atoms. The molecule has 6 nitrogen and oxygen atoms in total. The molecule has 2 aromatic heterocycles. The Hall–Kier alpha value is -2.58. The Kier molecular flexibility index (Phi) is 6.20. The zero-order valence-corrected chi connectivity index (χ0v) is 18.8. The van der Waals surface area contributed by atoms with Crippen molar-refractivity contribution in [1.29, 1.82) is 0 Å². The summed E-state index contributed by atoms with van der Waals surface area (Å²) in [7, 11) is -3.48. The quantitative estimate of drug-likeness (QED) is 0.601. The minimum atomic E-state index is -3.48. The normalized spacial score (nSPS) is 19.3. The Morgan fingerprint density at radius 1 is 1.16 bits per heavy atom. The van der Waals surface area contributed by atoms with Crippen LogP contribution in [0.25, 0.3) is 10.1 Å². The molecule has 0 bridgehead atoms. The predicted molar refractivity (Wildman–Crippen MR) is 121 cm³/mol. The van der Waals surface area contributed by atoms with Crippen LogP contribution >= 0.6 is 11.3 Å². The monoisotopic (exact) mass is 456 g/mol. The Labute approximate surface area is 185 Å². The number of nitrogens with one attached hydrogen (secondary N) is 1. The highest BCUT2D eigenvalue weighted by Gasteiger charge is 2.34. The molecule has 4 rings (SSSR count). The molecule has 1 aliphatic carbocycles. The summed E-state index contributed by atoms with van der Waals surface area (Å²) in [6.07, 6.45) is 5.96. The number of rotatable bonds is 6. The van der Waals surface area contributed by atoms with Crippen molar-refractivity contribution in [1.82, 2.24) is 10.3 Å². The number of amides is 1. The number of ketones is 1. The molecule has 8 heteroatoms. The number of carbonyl (C=O) groups is 2. The molecule has 0 aliphatic heterocycles. The summed E-state index contributed by atoms with van der Waals surface area (Å²) in [5.74, 6) is -0.260. The van der Waals surface area contributed by atoms with Gasteiger partial charge in [-0.1, -0.05) is 18.6 Å². The van der Waals surface area contributed by atoms with Crippen LogP contribution in [0.15, 0.2) is 53.7 Å². The fourth-order valence-electron chi connectivity index (χ4n) is 4.05. The summed E-state index contributed by atoms with van der Waals surface area (Å²) < 4.78 is 27.0. The highest BCUT2D eigenvalue weighted by molar-refractivity contribution is 7.92. The molecule has 1 fully saturated rings. The van der Waals surface area contributed by atoms with Crippen LogP contribution in [-0.2, 0) is 21.2 Å². The zero-order valence-electron chi connectivity index (χ0n) is 17.2. The number of carbonyl (C=O) groups excluding carboxylic acids is 2. The van der Waals surface area contributed by atoms with Gasteiger partial charge in [-0.25, -0.2) is 8.42 Å². The van der Waals surface area contributed by atoms with Crippen molar-refractivity contribution in [2.45, 2.75) is 49.3 Å². The third-order valence-corrected chi connectivity index (χ3v) is 9.21. The van der Waals surface area contributed by atoms with E-state index in [1.165, 1.54) is 11.3 Å². The summed E-state index contributed by atoms with van der Waals surface area (Å²) in [5.41, 5.74) is 0.820. The maximum atomic E-state index is 13.0. The first-order valence-electron chi connectivity index (χ1n) is 10.3. The Balaban J connectivity index is 1.40. The van der Waals surface area contributed by atoms with E-state index >= 15 is 0 Å². The Bertz CT molecular complexity index is 1180. The first-order valence-corrected chi connectivity index (χ1v) is 12.7. The molecule has 2 heterocycles. The third kappa shape index (κ3) is 4.70. The minimum absolute atomic E-state index is 0.0703. The number of pyridine rings is 1. The topological polar surface area (TPSA) is 93.2 Å². The smallest absolute Gasteiger partial charge is 0.261 e. The fraction of sp³-hybridized carbons (Fsp3) is 0.348. The third-order valence-electron chi connectivity index (χ3n) is 5.89. The van der Waals surface area contributed by atoms with Crippen molar-refractivity contribution in [3.05, 3.63) is 59.2 Å². The van der Waals surface area contributed by atoms with Crippen molar-refractivity contribution < 1.29 is 18.0 Å². The van der Waals surface area contributed by atoms with Gasteiger partial charge in [0.05, 0.1) is 19.7 Å². The number of nitrogens with zero attached hydrogens (tertiary/aromatic N) is 1. The number of Topliss-reactive ketones (excluding diaryl/α,β-unsaturated/α-hetero) is 1. The predicted octanol–water partition coefficient (Wildman–Crippen LogP) is 4.15. The van der Waals surface area contributed by atoms with Crippen molar-refractivity contribution >= 4 is 43.0 Å². The number of thiophene rings is 1. The first kappa shape index (κ1) is 21.6. The van der Waals surface area contributed by atoms with Crippen LogP contribution in [0, 0.1) is 5.92 Å². The molecule has 1 aliphatic rings. The van der Waals surface area contributed by atoms with Crippen molar-refractivity contribution in [2.24, 2.45) is 5.92 Å². The molecule has 2 atom stereocenters. The van der Waals surface area contributed by atoms with E-state index in [1.54, 1.807) is 43.6 Å². The lowest BCUT2D eigenvalue weighted by Crippen LogP contribution is -2.31. The van der Waals surface area contributed by atoms with Gasteiger partial charge in [-0.3, -0.25) is 14.6 Å². The van der Waals surface area contributed by atoms with E-state index < -0.39 is 15.1 Å². The van der Waals surface area contributed by atoms with Crippen molar-refractivity contribution in [2.75, 3.05) is 0 Å². The lowest BCUT2D eigenvalue weighted by molar-refractivity contribution is -0.121. The number of aromatic nitrogens is 1. The molecule has 1 N–H and O–H groups in total. The Morgan fingerprint density at radius 3 is 2.65 bits per heavy atom. The maximum absolute atomic E-state index is 13.0. The fourth-order valence-corrected chi connectivity index (χ4v) is 6.86. The number of fused-ring (bicyclic) bond motifs is 1. The minimum Gasteiger partial charge on any atom is -0.347 e. The van der Waals surface area contributed by atoms with Gasteiger partial charge in [0.2, 0.25) is 0 Å². The second kappa shape index (κ2) is 8.88. The van der Waals surface area contributed by atoms with Gasteiger partial charge in [0.15, 0.2) is 9.84 Å². The van der Waals surface area contributed by atoms with Gasteiger partial charge in [-0.15, -0.1) is 11.3 Å². The molecule has 1 saturated carbocycles. The van der Waals surface area contributed by atoms with Gasteiger partial charge in [-0.05, 0) is 61.4 Å². The Morgan fingerprint density at radius 2 is 1.94 bits per heavy atom. The van der Waals surface area contributed by atoms with E-state index in [0.717, 1.165) is 28.5 Å². The van der Waals surface area contributed by atoms with Crippen LogP contribution in [0.1, 0.15) is 47.8 Å². The van der Waals surface area contributed by atoms with E-state index in [-0.39, 0.29) is 22.5 Å². The largest absolute Gasteiger partial charge is 0.347 e. The zero-order chi connectivity index (χ0) is 22.0. The molecule has 2 unspecified atom stereocenters. The van der Waals surface area contributed by atoms with Crippen LogP contribution in [0.2, 0.25) is 0 Å². The molecule has 1 amide bonds. The molecule has 31 heavy (non-hydrogen) atoms. The molecular weight excluding hydrogens is 432 g/mol. The van der Waals surface area contributed by atoms with Crippen LogP contribution in [0.3, 0.4) is 0 Å². The molecule has 1 aromatic carbocycles. The molecular formula is C23H24N2O4S2. The maximum Gasteiger partial charge on any atom is 0.261 e. The number of hydrogen-bond acceptors (Lipinski definition) is 6. The lowest BCUT2D eigenvalue weighted by atomic mass is 9.86. The van der Waals surface area contributed by atoms with Gasteiger partial charge < -0.3 is 5.32 Å². The highest BCUT2D eigenvalue weighted by atomic mass is 32.2. The van der Waals surface area contributed by atoms with Gasteiger partial charge in [0.25, 0.3) is 5.91 Å². The summed E-state index contributed by atoms with van der Waals surface area (Å²) in [6, 6.07) is 10.4. The molecule has 0 radical (unpaired) electrons. The number of hydrogen-bond donors (Lipinski definition) is 1. The van der Waals surface area contributed by atoms with E-state index in [4.69, 9.17) is 0 Å². The van der Waals surface area contributed by atoms with Crippen LogP contribution < -0.4 is 5.32 Å². The van der Waals surface area contributed by atoms with Crippen LogP contribution in [0.4, 0.5) is 0 Å². The van der Waals surface area contributed by atoms with E-state index in [9.17, 15) is 18.0 Å². The van der Waals surface area contributed by atoms with E-state index in [1.807, 2.05) is 12.1 Å². The summed E-state index contributed by atoms with van der Waals surface area (Å²) in [4.78, 5) is 29.1. The van der Waals surface area contributed by atoms with Gasteiger partial charge in [0.1, 0.15) is 5.78 Å². The van der Waals surface area contributed by atoms with Crippen LogP contribution in [-0.4, -0.2) is 30.3 Å². The summed E-state index contributed by atoms with van der Waals surface area (Å²) in [5, 5.41) is 3.35. The SMILES string of the molecule is CC(=O)C1CCCC(S(=O)(=O)c2ccc(CNC(=O)c3cc4ccncc4s3)cc2)C1.